The summed E-state index contributed by atoms with van der Waals surface area (Å²) in [5, 5.41) is 29.2. The van der Waals surface area contributed by atoms with Gasteiger partial charge in [0.25, 0.3) is 5.56 Å². The number of H-pyrrole nitrogens is 1. The molecule has 2 aromatic rings. The molecule has 0 unspecified atom stereocenters. The molecule has 0 spiro atoms. The van der Waals surface area contributed by atoms with E-state index in [1.807, 2.05) is 4.98 Å². The van der Waals surface area contributed by atoms with Gasteiger partial charge in [0.2, 0.25) is 0 Å². The third-order valence-electron chi connectivity index (χ3n) is 2.17. The van der Waals surface area contributed by atoms with E-state index in [1.165, 1.54) is 18.4 Å². The largest absolute Gasteiger partial charge is 0.859 e. The van der Waals surface area contributed by atoms with Crippen LogP contribution in [0.4, 0.5) is 0 Å². The Kier molecular flexibility index (Phi) is 2.40. The second-order valence-corrected chi connectivity index (χ2v) is 3.11. The maximum absolute atomic E-state index is 11.4. The normalized spacial score (nSPS) is 9.53. The molecule has 0 fully saturated rings. The van der Waals surface area contributed by atoms with Gasteiger partial charge in [-0.2, -0.15) is 10.5 Å². The van der Waals surface area contributed by atoms with Crippen molar-refractivity contribution >= 4 is 0 Å². The first-order valence-electron chi connectivity index (χ1n) is 4.50. The number of furan rings is 1. The first kappa shape index (κ1) is 10.5. The van der Waals surface area contributed by atoms with Crippen molar-refractivity contribution in [3.05, 3.63) is 39.9 Å². The first-order valence-corrected chi connectivity index (χ1v) is 4.50. The highest BCUT2D eigenvalue weighted by Gasteiger charge is 2.17. The Labute approximate surface area is 95.0 Å². The third kappa shape index (κ3) is 1.54. The lowest BCUT2D eigenvalue weighted by Gasteiger charge is -2.11. The average molecular weight is 226 g/mol. The van der Waals surface area contributed by atoms with Crippen LogP contribution < -0.4 is 10.7 Å². The summed E-state index contributed by atoms with van der Waals surface area (Å²) in [7, 11) is 0. The molecular weight excluding hydrogens is 222 g/mol. The number of hydrogen-bond acceptors (Lipinski definition) is 5. The minimum atomic E-state index is -0.831. The predicted molar refractivity (Wildman–Crippen MR) is 53.6 cm³/mol. The summed E-state index contributed by atoms with van der Waals surface area (Å²) in [6, 6.07) is 6.32. The van der Waals surface area contributed by atoms with Crippen molar-refractivity contribution < 1.29 is 9.52 Å². The van der Waals surface area contributed by atoms with Gasteiger partial charge in [-0.15, -0.1) is 0 Å². The van der Waals surface area contributed by atoms with Crippen LogP contribution in [-0.2, 0) is 0 Å². The van der Waals surface area contributed by atoms with E-state index >= 15 is 0 Å². The zero-order chi connectivity index (χ0) is 12.4. The Morgan fingerprint density at radius 2 is 2.00 bits per heavy atom. The Hall–Kier alpha value is -2.99. The second-order valence-electron chi connectivity index (χ2n) is 3.11. The molecule has 2 aromatic heterocycles. The van der Waals surface area contributed by atoms with Gasteiger partial charge in [0.15, 0.2) is 0 Å². The highest BCUT2D eigenvalue weighted by molar-refractivity contribution is 5.74. The molecule has 0 atom stereocenters. The van der Waals surface area contributed by atoms with Gasteiger partial charge in [-0.25, -0.2) is 0 Å². The molecule has 0 radical (unpaired) electrons. The fraction of sp³-hybridized carbons (Fsp3) is 0. The van der Waals surface area contributed by atoms with Crippen LogP contribution in [0.1, 0.15) is 11.1 Å². The molecule has 1 N–H and O–H groups in total. The van der Waals surface area contributed by atoms with Gasteiger partial charge >= 0.3 is 0 Å². The van der Waals surface area contributed by atoms with Crippen molar-refractivity contribution in [1.82, 2.24) is 4.98 Å². The quantitative estimate of drug-likeness (QED) is 0.757. The molecule has 82 valence electrons. The molecule has 0 amide bonds. The number of nitriles is 2. The lowest BCUT2D eigenvalue weighted by atomic mass is 10.0. The molecular formula is C11H4N3O3-. The van der Waals surface area contributed by atoms with Crippen molar-refractivity contribution in [1.29, 1.82) is 10.5 Å². The van der Waals surface area contributed by atoms with E-state index in [4.69, 9.17) is 14.9 Å². The maximum Gasteiger partial charge on any atom is 0.266 e. The average Bonchev–Trinajstić information content (AvgIpc) is 2.81. The number of hydrogen-bond donors (Lipinski definition) is 1. The molecule has 0 saturated heterocycles. The first-order chi connectivity index (χ1) is 8.19. The standard InChI is InChI=1S/C11H5N3O3/c12-4-6-9(8-2-1-3-17-8)7(5-13)11(16)14-10(6)15/h1-3H,(H2,14,15,16)/p-1. The number of pyridine rings is 1. The lowest BCUT2D eigenvalue weighted by Crippen LogP contribution is -2.16. The Morgan fingerprint density at radius 1 is 1.29 bits per heavy atom. The fourth-order valence-corrected chi connectivity index (χ4v) is 1.46. The van der Waals surface area contributed by atoms with E-state index in [0.29, 0.717) is 0 Å². The SMILES string of the molecule is N#Cc1c([O-])[nH]c(=O)c(C#N)c1-c1ccco1. The highest BCUT2D eigenvalue weighted by atomic mass is 16.3. The number of aromatic nitrogens is 1. The topological polar surface area (TPSA) is 117 Å². The van der Waals surface area contributed by atoms with Crippen LogP contribution in [0.3, 0.4) is 0 Å². The number of rotatable bonds is 1. The minimum Gasteiger partial charge on any atom is -0.859 e. The van der Waals surface area contributed by atoms with E-state index in [0.717, 1.165) is 0 Å². The van der Waals surface area contributed by atoms with Crippen LogP contribution in [-0.4, -0.2) is 4.98 Å². The summed E-state index contributed by atoms with van der Waals surface area (Å²) < 4.78 is 5.02. The molecule has 0 aliphatic carbocycles. The fourth-order valence-electron chi connectivity index (χ4n) is 1.46. The number of aromatic amines is 1. The van der Waals surface area contributed by atoms with Gasteiger partial charge in [-0.3, -0.25) is 4.79 Å². The lowest BCUT2D eigenvalue weighted by molar-refractivity contribution is -0.275. The molecule has 0 bridgehead atoms. The van der Waals surface area contributed by atoms with Gasteiger partial charge < -0.3 is 14.5 Å². The van der Waals surface area contributed by atoms with Crippen LogP contribution in [0.2, 0.25) is 0 Å². The molecule has 0 aromatic carbocycles. The molecule has 0 aliphatic rings. The van der Waals surface area contributed by atoms with Gasteiger partial charge in [0.05, 0.1) is 17.4 Å². The van der Waals surface area contributed by atoms with Crippen LogP contribution in [0.5, 0.6) is 5.88 Å². The Bertz CT molecular complexity index is 699. The molecule has 6 heteroatoms. The molecule has 0 saturated carbocycles. The van der Waals surface area contributed by atoms with E-state index in [-0.39, 0.29) is 22.5 Å². The summed E-state index contributed by atoms with van der Waals surface area (Å²) in [6.07, 6.45) is 1.32. The maximum atomic E-state index is 11.4. The second kappa shape index (κ2) is 3.87. The van der Waals surface area contributed by atoms with Gasteiger partial charge in [0.1, 0.15) is 23.5 Å². The number of nitrogens with zero attached hydrogens (tertiary/aromatic N) is 2. The summed E-state index contributed by atoms with van der Waals surface area (Å²) in [4.78, 5) is 13.3. The van der Waals surface area contributed by atoms with E-state index in [9.17, 15) is 9.90 Å². The molecule has 0 aliphatic heterocycles. The zero-order valence-corrected chi connectivity index (χ0v) is 8.35. The van der Waals surface area contributed by atoms with Crippen molar-refractivity contribution in [2.24, 2.45) is 0 Å². The van der Waals surface area contributed by atoms with Gasteiger partial charge in [0, 0.05) is 0 Å². The predicted octanol–water partition coefficient (Wildman–Crippen LogP) is 0.452. The molecule has 17 heavy (non-hydrogen) atoms. The van der Waals surface area contributed by atoms with E-state index in [1.54, 1.807) is 12.1 Å². The van der Waals surface area contributed by atoms with Crippen molar-refractivity contribution in [2.75, 3.05) is 0 Å². The van der Waals surface area contributed by atoms with Crippen LogP contribution in [0.15, 0.2) is 27.6 Å². The Balaban J connectivity index is 2.95. The van der Waals surface area contributed by atoms with Crippen LogP contribution in [0, 0.1) is 22.7 Å². The summed E-state index contributed by atoms with van der Waals surface area (Å²) in [5.74, 6) is -0.691. The van der Waals surface area contributed by atoms with E-state index in [2.05, 4.69) is 0 Å². The monoisotopic (exact) mass is 226 g/mol. The summed E-state index contributed by atoms with van der Waals surface area (Å²) >= 11 is 0. The van der Waals surface area contributed by atoms with Gasteiger partial charge in [-0.1, -0.05) is 0 Å². The summed E-state index contributed by atoms with van der Waals surface area (Å²) in [6.45, 7) is 0. The molecule has 2 rings (SSSR count). The van der Waals surface area contributed by atoms with Crippen molar-refractivity contribution in [3.63, 3.8) is 0 Å². The number of nitrogens with one attached hydrogen (secondary N) is 1. The Morgan fingerprint density at radius 3 is 2.53 bits per heavy atom. The van der Waals surface area contributed by atoms with E-state index < -0.39 is 11.4 Å². The molecule has 6 nitrogen and oxygen atoms in total. The zero-order valence-electron chi connectivity index (χ0n) is 8.35. The minimum absolute atomic E-state index is 0.0613. The smallest absolute Gasteiger partial charge is 0.266 e. The highest BCUT2D eigenvalue weighted by Crippen LogP contribution is 2.28. The molecule has 2 heterocycles. The van der Waals surface area contributed by atoms with Crippen molar-refractivity contribution in [3.8, 4) is 29.3 Å². The third-order valence-corrected chi connectivity index (χ3v) is 2.17. The van der Waals surface area contributed by atoms with Gasteiger partial charge in [-0.05, 0) is 18.0 Å². The van der Waals surface area contributed by atoms with Crippen LogP contribution in [0.25, 0.3) is 11.3 Å². The van der Waals surface area contributed by atoms with Crippen molar-refractivity contribution in [2.45, 2.75) is 0 Å². The van der Waals surface area contributed by atoms with Crippen LogP contribution >= 0.6 is 0 Å². The summed E-state index contributed by atoms with van der Waals surface area (Å²) in [5.41, 5.74) is -1.51.